The summed E-state index contributed by atoms with van der Waals surface area (Å²) in [6.07, 6.45) is -2.48. The third-order valence-corrected chi connectivity index (χ3v) is 1.92. The first-order valence-electron chi connectivity index (χ1n) is 4.11. The van der Waals surface area contributed by atoms with Gasteiger partial charge in [-0.1, -0.05) is 0 Å². The first kappa shape index (κ1) is 10.9. The molecular formula is C9H12FNO3. The van der Waals surface area contributed by atoms with Crippen LogP contribution in [0, 0.1) is 5.82 Å². The van der Waals surface area contributed by atoms with E-state index in [4.69, 9.17) is 5.73 Å². The third kappa shape index (κ3) is 2.20. The van der Waals surface area contributed by atoms with Gasteiger partial charge >= 0.3 is 0 Å². The van der Waals surface area contributed by atoms with Crippen LogP contribution in [0.5, 0.6) is 5.75 Å². The molecule has 5 heteroatoms. The predicted molar refractivity (Wildman–Crippen MR) is 48.1 cm³/mol. The monoisotopic (exact) mass is 201 g/mol. The average Bonchev–Trinajstić information content (AvgIpc) is 2.15. The van der Waals surface area contributed by atoms with Crippen molar-refractivity contribution in [3.05, 3.63) is 29.6 Å². The smallest absolute Gasteiger partial charge is 0.126 e. The Morgan fingerprint density at radius 1 is 1.36 bits per heavy atom. The molecule has 1 aromatic carbocycles. The molecule has 2 atom stereocenters. The molecule has 0 spiro atoms. The molecule has 1 rings (SSSR count). The summed E-state index contributed by atoms with van der Waals surface area (Å²) in [5.41, 5.74) is 5.18. The quantitative estimate of drug-likeness (QED) is 0.549. The topological polar surface area (TPSA) is 86.7 Å². The highest BCUT2D eigenvalue weighted by atomic mass is 19.1. The zero-order valence-electron chi connectivity index (χ0n) is 7.39. The molecule has 0 bridgehead atoms. The van der Waals surface area contributed by atoms with Crippen LogP contribution in [-0.2, 0) is 0 Å². The second-order valence-electron chi connectivity index (χ2n) is 2.95. The van der Waals surface area contributed by atoms with Crippen LogP contribution < -0.4 is 5.73 Å². The van der Waals surface area contributed by atoms with Crippen LogP contribution in [0.25, 0.3) is 0 Å². The normalized spacial score (nSPS) is 15.1. The molecule has 14 heavy (non-hydrogen) atoms. The molecule has 0 fully saturated rings. The van der Waals surface area contributed by atoms with Gasteiger partial charge in [0.1, 0.15) is 17.7 Å². The van der Waals surface area contributed by atoms with Gasteiger partial charge in [-0.2, -0.15) is 0 Å². The molecule has 0 saturated carbocycles. The van der Waals surface area contributed by atoms with Crippen molar-refractivity contribution in [3.8, 4) is 5.75 Å². The Kier molecular flexibility index (Phi) is 3.40. The van der Waals surface area contributed by atoms with E-state index in [1.807, 2.05) is 0 Å². The number of aliphatic hydroxyl groups excluding tert-OH is 2. The Labute approximate surface area is 80.4 Å². The molecule has 0 aliphatic rings. The van der Waals surface area contributed by atoms with Gasteiger partial charge in [0.2, 0.25) is 0 Å². The van der Waals surface area contributed by atoms with E-state index < -0.39 is 23.8 Å². The molecule has 1 aromatic rings. The van der Waals surface area contributed by atoms with Gasteiger partial charge in [-0.3, -0.25) is 0 Å². The van der Waals surface area contributed by atoms with Crippen molar-refractivity contribution < 1.29 is 19.7 Å². The molecule has 0 aliphatic carbocycles. The molecule has 4 nitrogen and oxygen atoms in total. The number of aromatic hydroxyl groups is 1. The summed E-state index contributed by atoms with van der Waals surface area (Å²) in [6, 6.07) is 3.15. The molecule has 0 aromatic heterocycles. The van der Waals surface area contributed by atoms with Crippen molar-refractivity contribution in [2.75, 3.05) is 6.54 Å². The van der Waals surface area contributed by atoms with Crippen LogP contribution >= 0.6 is 0 Å². The fourth-order valence-electron chi connectivity index (χ4n) is 1.10. The maximum atomic E-state index is 12.6. The van der Waals surface area contributed by atoms with Gasteiger partial charge < -0.3 is 21.1 Å². The predicted octanol–water partition coefficient (Wildman–Crippen LogP) is -0.116. The summed E-state index contributed by atoms with van der Waals surface area (Å²) in [6.45, 7) is -0.141. The van der Waals surface area contributed by atoms with Crippen LogP contribution in [0.4, 0.5) is 4.39 Å². The lowest BCUT2D eigenvalue weighted by molar-refractivity contribution is 0.0229. The summed E-state index contributed by atoms with van der Waals surface area (Å²) < 4.78 is 12.6. The van der Waals surface area contributed by atoms with Crippen LogP contribution in [0.15, 0.2) is 18.2 Å². The van der Waals surface area contributed by atoms with Crippen molar-refractivity contribution in [3.63, 3.8) is 0 Å². The molecule has 0 saturated heterocycles. The van der Waals surface area contributed by atoms with Crippen LogP contribution in [0.3, 0.4) is 0 Å². The molecule has 0 amide bonds. The van der Waals surface area contributed by atoms with E-state index in [0.29, 0.717) is 0 Å². The first-order valence-corrected chi connectivity index (χ1v) is 4.11. The third-order valence-electron chi connectivity index (χ3n) is 1.92. The van der Waals surface area contributed by atoms with Crippen LogP contribution in [0.1, 0.15) is 11.7 Å². The highest BCUT2D eigenvalue weighted by Gasteiger charge is 2.19. The zero-order valence-corrected chi connectivity index (χ0v) is 7.39. The van der Waals surface area contributed by atoms with E-state index in [0.717, 1.165) is 12.1 Å². The highest BCUT2D eigenvalue weighted by Crippen LogP contribution is 2.26. The molecule has 0 aliphatic heterocycles. The molecule has 0 radical (unpaired) electrons. The highest BCUT2D eigenvalue weighted by molar-refractivity contribution is 5.34. The Morgan fingerprint density at radius 3 is 2.50 bits per heavy atom. The summed E-state index contributed by atoms with van der Waals surface area (Å²) >= 11 is 0. The summed E-state index contributed by atoms with van der Waals surface area (Å²) in [7, 11) is 0. The van der Waals surface area contributed by atoms with Gasteiger partial charge in [0.05, 0.1) is 6.10 Å². The zero-order chi connectivity index (χ0) is 10.7. The lowest BCUT2D eigenvalue weighted by atomic mass is 10.0. The minimum absolute atomic E-state index is 0.0596. The number of nitrogens with two attached hydrogens (primary N) is 1. The van der Waals surface area contributed by atoms with Gasteiger partial charge in [-0.15, -0.1) is 0 Å². The van der Waals surface area contributed by atoms with Gasteiger partial charge in [-0.05, 0) is 12.1 Å². The Hall–Kier alpha value is -1.17. The van der Waals surface area contributed by atoms with Gasteiger partial charge in [0, 0.05) is 18.2 Å². The Bertz CT molecular complexity index is 319. The lowest BCUT2D eigenvalue weighted by Gasteiger charge is -2.17. The van der Waals surface area contributed by atoms with Crippen molar-refractivity contribution in [2.45, 2.75) is 12.2 Å². The molecule has 0 heterocycles. The Balaban J connectivity index is 2.95. The van der Waals surface area contributed by atoms with E-state index >= 15 is 0 Å². The molecule has 5 N–H and O–H groups in total. The number of rotatable bonds is 3. The fourth-order valence-corrected chi connectivity index (χ4v) is 1.10. The van der Waals surface area contributed by atoms with Crippen molar-refractivity contribution in [1.29, 1.82) is 0 Å². The minimum atomic E-state index is -1.30. The average molecular weight is 201 g/mol. The summed E-state index contributed by atoms with van der Waals surface area (Å²) in [5.74, 6) is -1.01. The maximum Gasteiger partial charge on any atom is 0.126 e. The number of aliphatic hydroxyl groups is 2. The van der Waals surface area contributed by atoms with Gasteiger partial charge in [0.15, 0.2) is 0 Å². The van der Waals surface area contributed by atoms with Crippen molar-refractivity contribution >= 4 is 0 Å². The standard InChI is InChI=1S/C9H12FNO3/c10-5-1-2-6(7(12)3-5)9(14)8(13)4-11/h1-3,8-9,12-14H,4,11H2. The second kappa shape index (κ2) is 4.36. The molecular weight excluding hydrogens is 189 g/mol. The van der Waals surface area contributed by atoms with Crippen LogP contribution in [-0.4, -0.2) is 28.0 Å². The van der Waals surface area contributed by atoms with E-state index in [1.165, 1.54) is 6.07 Å². The van der Waals surface area contributed by atoms with Crippen molar-refractivity contribution in [1.82, 2.24) is 0 Å². The number of hydrogen-bond donors (Lipinski definition) is 4. The Morgan fingerprint density at radius 2 is 2.00 bits per heavy atom. The number of benzene rings is 1. The molecule has 2 unspecified atom stereocenters. The largest absolute Gasteiger partial charge is 0.507 e. The van der Waals surface area contributed by atoms with E-state index in [1.54, 1.807) is 0 Å². The van der Waals surface area contributed by atoms with E-state index in [9.17, 15) is 19.7 Å². The molecule has 78 valence electrons. The van der Waals surface area contributed by atoms with Gasteiger partial charge in [-0.25, -0.2) is 4.39 Å². The van der Waals surface area contributed by atoms with E-state index in [-0.39, 0.29) is 12.1 Å². The first-order chi connectivity index (χ1) is 6.56. The summed E-state index contributed by atoms with van der Waals surface area (Å²) in [4.78, 5) is 0. The number of halogens is 1. The van der Waals surface area contributed by atoms with Crippen LogP contribution in [0.2, 0.25) is 0 Å². The number of hydrogen-bond acceptors (Lipinski definition) is 4. The summed E-state index contributed by atoms with van der Waals surface area (Å²) in [5, 5.41) is 27.9. The van der Waals surface area contributed by atoms with Crippen molar-refractivity contribution in [2.24, 2.45) is 5.73 Å². The second-order valence-corrected chi connectivity index (χ2v) is 2.95. The number of phenolic OH excluding ortho intramolecular Hbond substituents is 1. The number of phenols is 1. The van der Waals surface area contributed by atoms with Gasteiger partial charge in [0.25, 0.3) is 0 Å². The lowest BCUT2D eigenvalue weighted by Crippen LogP contribution is -2.27. The SMILES string of the molecule is NCC(O)C(O)c1ccc(F)cc1O. The maximum absolute atomic E-state index is 12.6. The minimum Gasteiger partial charge on any atom is -0.507 e. The van der Waals surface area contributed by atoms with E-state index in [2.05, 4.69) is 0 Å². The fraction of sp³-hybridized carbons (Fsp3) is 0.333.